The van der Waals surface area contributed by atoms with E-state index in [1.807, 2.05) is 0 Å². The second-order valence-electron chi connectivity index (χ2n) is 1.86. The van der Waals surface area contributed by atoms with Gasteiger partial charge >= 0.3 is 0 Å². The summed E-state index contributed by atoms with van der Waals surface area (Å²) in [6.45, 7) is 0.566. The van der Waals surface area contributed by atoms with Crippen molar-refractivity contribution in [2.45, 2.75) is 25.7 Å². The SMILES string of the molecule is N.N.OCCCCCCO. The molecule has 0 aliphatic carbocycles. The van der Waals surface area contributed by atoms with Gasteiger partial charge in [0.1, 0.15) is 0 Å². The summed E-state index contributed by atoms with van der Waals surface area (Å²) in [5.41, 5.74) is 0. The normalized spacial score (nSPS) is 7.80. The van der Waals surface area contributed by atoms with Crippen LogP contribution in [0.15, 0.2) is 0 Å². The van der Waals surface area contributed by atoms with Crippen LogP contribution >= 0.6 is 0 Å². The van der Waals surface area contributed by atoms with Crippen LogP contribution < -0.4 is 12.3 Å². The molecule has 0 aromatic heterocycles. The molecule has 66 valence electrons. The largest absolute Gasteiger partial charge is 0.396 e. The van der Waals surface area contributed by atoms with Crippen LogP contribution in [-0.2, 0) is 0 Å². The maximum atomic E-state index is 8.30. The van der Waals surface area contributed by atoms with Crippen molar-refractivity contribution in [3.63, 3.8) is 0 Å². The lowest BCUT2D eigenvalue weighted by atomic mass is 10.2. The highest BCUT2D eigenvalue weighted by Gasteiger charge is 1.84. The molecule has 0 aliphatic heterocycles. The van der Waals surface area contributed by atoms with Crippen molar-refractivity contribution in [3.05, 3.63) is 0 Å². The van der Waals surface area contributed by atoms with E-state index in [0.29, 0.717) is 0 Å². The smallest absolute Gasteiger partial charge is 0.0431 e. The molecule has 0 rings (SSSR count). The van der Waals surface area contributed by atoms with Gasteiger partial charge in [-0.25, -0.2) is 0 Å². The molecule has 0 aromatic rings. The van der Waals surface area contributed by atoms with Crippen LogP contribution in [0.2, 0.25) is 0 Å². The van der Waals surface area contributed by atoms with Gasteiger partial charge in [-0.2, -0.15) is 0 Å². The number of aliphatic hydroxyl groups excluding tert-OH is 2. The van der Waals surface area contributed by atoms with Crippen molar-refractivity contribution >= 4 is 0 Å². The van der Waals surface area contributed by atoms with Gasteiger partial charge in [-0.15, -0.1) is 0 Å². The van der Waals surface area contributed by atoms with Crippen LogP contribution in [0.3, 0.4) is 0 Å². The van der Waals surface area contributed by atoms with Crippen LogP contribution in [0, 0.1) is 0 Å². The Hall–Kier alpha value is -0.160. The van der Waals surface area contributed by atoms with Crippen LogP contribution in [0.1, 0.15) is 25.7 Å². The average molecular weight is 152 g/mol. The molecule has 0 aromatic carbocycles. The van der Waals surface area contributed by atoms with E-state index < -0.39 is 0 Å². The summed E-state index contributed by atoms with van der Waals surface area (Å²) in [6, 6.07) is 0. The van der Waals surface area contributed by atoms with Crippen LogP contribution in [0.5, 0.6) is 0 Å². The number of aliphatic hydroxyl groups is 2. The van der Waals surface area contributed by atoms with Gasteiger partial charge in [0.15, 0.2) is 0 Å². The molecule has 0 saturated carbocycles. The molecule has 8 N–H and O–H groups in total. The highest BCUT2D eigenvalue weighted by atomic mass is 16.3. The Morgan fingerprint density at radius 3 is 1.10 bits per heavy atom. The first-order valence-corrected chi connectivity index (χ1v) is 3.13. The average Bonchev–Trinajstić information content (AvgIpc) is 1.81. The summed E-state index contributed by atoms with van der Waals surface area (Å²) in [4.78, 5) is 0. The van der Waals surface area contributed by atoms with E-state index in [1.165, 1.54) is 0 Å². The first kappa shape index (κ1) is 16.4. The second kappa shape index (κ2) is 15.9. The lowest BCUT2D eigenvalue weighted by Crippen LogP contribution is -1.85. The van der Waals surface area contributed by atoms with Crippen molar-refractivity contribution in [1.29, 1.82) is 0 Å². The zero-order valence-corrected chi connectivity index (χ0v) is 6.55. The Labute approximate surface area is 62.4 Å². The molecule has 0 spiro atoms. The Kier molecular flexibility index (Phi) is 26.2. The molecular weight excluding hydrogens is 132 g/mol. The summed E-state index contributed by atoms with van der Waals surface area (Å²) in [7, 11) is 0. The summed E-state index contributed by atoms with van der Waals surface area (Å²) in [6.07, 6.45) is 3.83. The Morgan fingerprint density at radius 2 is 0.900 bits per heavy atom. The zero-order valence-electron chi connectivity index (χ0n) is 6.55. The van der Waals surface area contributed by atoms with Gasteiger partial charge in [-0.1, -0.05) is 12.8 Å². The molecule has 10 heavy (non-hydrogen) atoms. The molecule has 0 saturated heterocycles. The fourth-order valence-electron chi connectivity index (χ4n) is 0.577. The summed E-state index contributed by atoms with van der Waals surface area (Å²) < 4.78 is 0. The van der Waals surface area contributed by atoms with Gasteiger partial charge in [0, 0.05) is 13.2 Å². The van der Waals surface area contributed by atoms with E-state index in [4.69, 9.17) is 10.2 Å². The third kappa shape index (κ3) is 15.7. The first-order valence-electron chi connectivity index (χ1n) is 3.13. The minimum atomic E-state index is 0. The molecule has 0 bridgehead atoms. The molecule has 0 atom stereocenters. The molecule has 0 heterocycles. The highest BCUT2D eigenvalue weighted by molar-refractivity contribution is 4.39. The maximum absolute atomic E-state index is 8.30. The Bertz CT molecular complexity index is 38.7. The molecular formula is C6H20N2O2. The predicted octanol–water partition coefficient (Wildman–Crippen LogP) is 0.855. The lowest BCUT2D eigenvalue weighted by molar-refractivity contribution is 0.265. The lowest BCUT2D eigenvalue weighted by Gasteiger charge is -1.93. The van der Waals surface area contributed by atoms with Gasteiger partial charge in [-0.05, 0) is 12.8 Å². The number of unbranched alkanes of at least 4 members (excludes halogenated alkanes) is 3. The Balaban J connectivity index is -0.000000245. The third-order valence-electron chi connectivity index (χ3n) is 1.07. The molecule has 4 heteroatoms. The minimum absolute atomic E-state index is 0. The van der Waals surface area contributed by atoms with Crippen molar-refractivity contribution in [2.75, 3.05) is 13.2 Å². The van der Waals surface area contributed by atoms with Crippen molar-refractivity contribution in [2.24, 2.45) is 0 Å². The van der Waals surface area contributed by atoms with E-state index >= 15 is 0 Å². The summed E-state index contributed by atoms with van der Waals surface area (Å²) in [5.74, 6) is 0. The summed E-state index contributed by atoms with van der Waals surface area (Å²) >= 11 is 0. The minimum Gasteiger partial charge on any atom is -0.396 e. The third-order valence-corrected chi connectivity index (χ3v) is 1.07. The van der Waals surface area contributed by atoms with Crippen LogP contribution in [-0.4, -0.2) is 23.4 Å². The second-order valence-corrected chi connectivity index (χ2v) is 1.86. The number of rotatable bonds is 5. The van der Waals surface area contributed by atoms with E-state index in [1.54, 1.807) is 0 Å². The van der Waals surface area contributed by atoms with Crippen molar-refractivity contribution in [1.82, 2.24) is 12.3 Å². The van der Waals surface area contributed by atoms with E-state index in [2.05, 4.69) is 0 Å². The van der Waals surface area contributed by atoms with E-state index in [9.17, 15) is 0 Å². The highest BCUT2D eigenvalue weighted by Crippen LogP contribution is 1.96. The molecule has 0 aliphatic rings. The standard InChI is InChI=1S/C6H14O2.2H3N/c7-5-3-1-2-4-6-8;;/h7-8H,1-6H2;2*1H3. The van der Waals surface area contributed by atoms with Gasteiger partial charge in [0.05, 0.1) is 0 Å². The maximum Gasteiger partial charge on any atom is 0.0431 e. The topological polar surface area (TPSA) is 110 Å². The van der Waals surface area contributed by atoms with E-state index in [-0.39, 0.29) is 25.5 Å². The van der Waals surface area contributed by atoms with Gasteiger partial charge in [0.25, 0.3) is 0 Å². The molecule has 0 radical (unpaired) electrons. The number of hydrogen-bond donors (Lipinski definition) is 4. The molecule has 4 nitrogen and oxygen atoms in total. The van der Waals surface area contributed by atoms with Crippen molar-refractivity contribution in [3.8, 4) is 0 Å². The quantitative estimate of drug-likeness (QED) is 0.438. The van der Waals surface area contributed by atoms with Gasteiger partial charge in [-0.3, -0.25) is 0 Å². The van der Waals surface area contributed by atoms with Crippen molar-refractivity contribution < 1.29 is 10.2 Å². The van der Waals surface area contributed by atoms with Crippen LogP contribution in [0.25, 0.3) is 0 Å². The number of hydrogen-bond acceptors (Lipinski definition) is 4. The predicted molar refractivity (Wildman–Crippen MR) is 42.7 cm³/mol. The fourth-order valence-corrected chi connectivity index (χ4v) is 0.577. The monoisotopic (exact) mass is 152 g/mol. The van der Waals surface area contributed by atoms with E-state index in [0.717, 1.165) is 25.7 Å². The zero-order chi connectivity index (χ0) is 6.24. The van der Waals surface area contributed by atoms with Gasteiger partial charge in [0.2, 0.25) is 0 Å². The van der Waals surface area contributed by atoms with Gasteiger partial charge < -0.3 is 22.5 Å². The Morgan fingerprint density at radius 1 is 0.600 bits per heavy atom. The molecule has 0 fully saturated rings. The fraction of sp³-hybridized carbons (Fsp3) is 1.00. The molecule has 0 amide bonds. The van der Waals surface area contributed by atoms with Crippen LogP contribution in [0.4, 0.5) is 0 Å². The first-order chi connectivity index (χ1) is 3.91. The summed E-state index contributed by atoms with van der Waals surface area (Å²) in [5, 5.41) is 16.6. The molecule has 0 unspecified atom stereocenters.